The van der Waals surface area contributed by atoms with Crippen LogP contribution >= 0.6 is 0 Å². The van der Waals surface area contributed by atoms with Crippen LogP contribution in [0.15, 0.2) is 23.1 Å². The Morgan fingerprint density at radius 3 is 2.32 bits per heavy atom. The number of aryl methyl sites for hydroxylation is 1. The highest BCUT2D eigenvalue weighted by Gasteiger charge is 2.27. The normalized spacial score (nSPS) is 16.8. The van der Waals surface area contributed by atoms with Gasteiger partial charge >= 0.3 is 5.97 Å². The highest BCUT2D eigenvalue weighted by Crippen LogP contribution is 2.19. The molecule has 1 heterocycles. The molecule has 7 nitrogen and oxygen atoms in total. The van der Waals surface area contributed by atoms with Crippen molar-refractivity contribution in [1.82, 2.24) is 4.90 Å². The van der Waals surface area contributed by atoms with E-state index in [2.05, 4.69) is 0 Å². The summed E-state index contributed by atoms with van der Waals surface area (Å²) in [5.74, 6) is -1.14. The van der Waals surface area contributed by atoms with Gasteiger partial charge in [-0.1, -0.05) is 24.5 Å². The molecule has 25 heavy (non-hydrogen) atoms. The average molecular weight is 368 g/mol. The first kappa shape index (κ1) is 19.4. The summed E-state index contributed by atoms with van der Waals surface area (Å²) in [6.07, 6.45) is 3.04. The van der Waals surface area contributed by atoms with Gasteiger partial charge in [-0.3, -0.25) is 4.79 Å². The zero-order valence-electron chi connectivity index (χ0n) is 14.5. The van der Waals surface area contributed by atoms with Gasteiger partial charge in [0.15, 0.2) is 6.10 Å². The number of likely N-dealkylation sites (tertiary alicyclic amines) is 1. The molecular weight excluding hydrogens is 344 g/mol. The van der Waals surface area contributed by atoms with Crippen LogP contribution in [-0.2, 0) is 19.6 Å². The van der Waals surface area contributed by atoms with E-state index in [-0.39, 0.29) is 16.4 Å². The van der Waals surface area contributed by atoms with E-state index >= 15 is 0 Å². The predicted molar refractivity (Wildman–Crippen MR) is 92.5 cm³/mol. The lowest BCUT2D eigenvalue weighted by Crippen LogP contribution is -2.40. The number of sulfonamides is 1. The van der Waals surface area contributed by atoms with Crippen molar-refractivity contribution in [3.63, 3.8) is 0 Å². The number of amides is 1. The smallest absolute Gasteiger partial charge is 0.340 e. The second kappa shape index (κ2) is 7.97. The SMILES string of the molecule is Cc1ccc(S(N)(=O)=O)c(C(=O)OC(C)C(=O)N2CCCCCC2)c1. The molecule has 1 amide bonds. The summed E-state index contributed by atoms with van der Waals surface area (Å²) >= 11 is 0. The van der Waals surface area contributed by atoms with E-state index in [0.29, 0.717) is 18.7 Å². The number of nitrogens with two attached hydrogens (primary N) is 1. The maximum atomic E-state index is 12.5. The first-order valence-corrected chi connectivity index (χ1v) is 9.88. The second-order valence-electron chi connectivity index (χ2n) is 6.33. The van der Waals surface area contributed by atoms with Crippen molar-refractivity contribution < 1.29 is 22.7 Å². The lowest BCUT2D eigenvalue weighted by Gasteiger charge is -2.24. The number of esters is 1. The Morgan fingerprint density at radius 1 is 1.16 bits per heavy atom. The second-order valence-corrected chi connectivity index (χ2v) is 7.86. The molecule has 1 aliphatic heterocycles. The number of hydrogen-bond donors (Lipinski definition) is 1. The monoisotopic (exact) mass is 368 g/mol. The summed E-state index contributed by atoms with van der Waals surface area (Å²) in [7, 11) is -4.07. The Kier molecular flexibility index (Phi) is 6.18. The molecule has 2 rings (SSSR count). The third-order valence-corrected chi connectivity index (χ3v) is 5.18. The number of ether oxygens (including phenoxy) is 1. The van der Waals surface area contributed by atoms with Crippen LogP contribution in [0.25, 0.3) is 0 Å². The molecule has 1 atom stereocenters. The van der Waals surface area contributed by atoms with Crippen molar-refractivity contribution in [1.29, 1.82) is 0 Å². The molecule has 1 fully saturated rings. The van der Waals surface area contributed by atoms with E-state index < -0.39 is 22.1 Å². The predicted octanol–water partition coefficient (Wildman–Crippen LogP) is 1.59. The van der Waals surface area contributed by atoms with Crippen LogP contribution in [0.2, 0.25) is 0 Å². The number of carbonyl (C=O) groups is 2. The van der Waals surface area contributed by atoms with Crippen LogP contribution in [0.3, 0.4) is 0 Å². The Morgan fingerprint density at radius 2 is 1.76 bits per heavy atom. The molecule has 1 aliphatic rings. The molecule has 0 aliphatic carbocycles. The summed E-state index contributed by atoms with van der Waals surface area (Å²) in [5.41, 5.74) is 0.531. The minimum Gasteiger partial charge on any atom is -0.449 e. The van der Waals surface area contributed by atoms with E-state index in [1.807, 2.05) is 0 Å². The molecule has 138 valence electrons. The first-order valence-electron chi connectivity index (χ1n) is 8.33. The molecule has 2 N–H and O–H groups in total. The Balaban J connectivity index is 2.16. The van der Waals surface area contributed by atoms with Crippen molar-refractivity contribution in [2.45, 2.75) is 50.5 Å². The van der Waals surface area contributed by atoms with Crippen LogP contribution in [0.5, 0.6) is 0 Å². The fourth-order valence-electron chi connectivity index (χ4n) is 2.87. The van der Waals surface area contributed by atoms with E-state index in [0.717, 1.165) is 25.7 Å². The first-order chi connectivity index (χ1) is 11.7. The fourth-order valence-corrected chi connectivity index (χ4v) is 3.58. The quantitative estimate of drug-likeness (QED) is 0.812. The number of hydrogen-bond acceptors (Lipinski definition) is 5. The third kappa shape index (κ3) is 5.02. The molecule has 8 heteroatoms. The van der Waals surface area contributed by atoms with E-state index in [4.69, 9.17) is 9.88 Å². The molecule has 1 aromatic rings. The maximum absolute atomic E-state index is 12.5. The van der Waals surface area contributed by atoms with Crippen LogP contribution in [0, 0.1) is 6.92 Å². The van der Waals surface area contributed by atoms with Gasteiger partial charge in [0.1, 0.15) is 0 Å². The van der Waals surface area contributed by atoms with Crippen LogP contribution in [0.4, 0.5) is 0 Å². The number of primary sulfonamides is 1. The van der Waals surface area contributed by atoms with Gasteiger partial charge in [0, 0.05) is 13.1 Å². The van der Waals surface area contributed by atoms with Crippen molar-refractivity contribution in [2.75, 3.05) is 13.1 Å². The van der Waals surface area contributed by atoms with Gasteiger partial charge in [-0.05, 0) is 38.8 Å². The molecule has 0 aromatic heterocycles. The van der Waals surface area contributed by atoms with Crippen molar-refractivity contribution in [3.05, 3.63) is 29.3 Å². The van der Waals surface area contributed by atoms with Gasteiger partial charge < -0.3 is 9.64 Å². The molecule has 0 radical (unpaired) electrons. The van der Waals surface area contributed by atoms with Gasteiger partial charge in [-0.25, -0.2) is 18.4 Å². The molecule has 1 aromatic carbocycles. The Bertz CT molecular complexity index is 752. The third-order valence-electron chi connectivity index (χ3n) is 4.21. The fraction of sp³-hybridized carbons (Fsp3) is 0.529. The van der Waals surface area contributed by atoms with Crippen LogP contribution < -0.4 is 5.14 Å². The van der Waals surface area contributed by atoms with Gasteiger partial charge in [-0.2, -0.15) is 0 Å². The number of carbonyl (C=O) groups excluding carboxylic acids is 2. The number of rotatable bonds is 4. The molecule has 1 unspecified atom stereocenters. The van der Waals surface area contributed by atoms with Crippen molar-refractivity contribution in [2.24, 2.45) is 5.14 Å². The van der Waals surface area contributed by atoms with Gasteiger partial charge in [0.25, 0.3) is 5.91 Å². The maximum Gasteiger partial charge on any atom is 0.340 e. The number of nitrogens with zero attached hydrogens (tertiary/aromatic N) is 1. The van der Waals surface area contributed by atoms with Crippen LogP contribution in [0.1, 0.15) is 48.5 Å². The van der Waals surface area contributed by atoms with E-state index in [1.165, 1.54) is 19.1 Å². The lowest BCUT2D eigenvalue weighted by molar-refractivity contribution is -0.139. The van der Waals surface area contributed by atoms with Crippen molar-refractivity contribution in [3.8, 4) is 0 Å². The lowest BCUT2D eigenvalue weighted by atomic mass is 10.1. The standard InChI is InChI=1S/C17H24N2O5S/c1-12-7-8-15(25(18,22)23)14(11-12)17(21)24-13(2)16(20)19-9-5-3-4-6-10-19/h7-8,11,13H,3-6,9-10H2,1-2H3,(H2,18,22,23). The van der Waals surface area contributed by atoms with Crippen LogP contribution in [-0.4, -0.2) is 44.4 Å². The van der Waals surface area contributed by atoms with Gasteiger partial charge in [0.05, 0.1) is 10.5 Å². The zero-order chi connectivity index (χ0) is 18.6. The van der Waals surface area contributed by atoms with Gasteiger partial charge in [-0.15, -0.1) is 0 Å². The molecule has 0 saturated carbocycles. The number of benzene rings is 1. The zero-order valence-corrected chi connectivity index (χ0v) is 15.3. The summed E-state index contributed by atoms with van der Waals surface area (Å²) in [5, 5.41) is 5.16. The highest BCUT2D eigenvalue weighted by atomic mass is 32.2. The largest absolute Gasteiger partial charge is 0.449 e. The molecular formula is C17H24N2O5S. The highest BCUT2D eigenvalue weighted by molar-refractivity contribution is 7.89. The van der Waals surface area contributed by atoms with E-state index in [1.54, 1.807) is 17.9 Å². The minimum atomic E-state index is -4.07. The minimum absolute atomic E-state index is 0.155. The topological polar surface area (TPSA) is 107 Å². The van der Waals surface area contributed by atoms with E-state index in [9.17, 15) is 18.0 Å². The summed E-state index contributed by atoms with van der Waals surface area (Å²) in [4.78, 5) is 26.3. The average Bonchev–Trinajstić information content (AvgIpc) is 2.81. The van der Waals surface area contributed by atoms with Crippen molar-refractivity contribution >= 4 is 21.9 Å². The molecule has 0 spiro atoms. The molecule has 0 bridgehead atoms. The van der Waals surface area contributed by atoms with Gasteiger partial charge in [0.2, 0.25) is 10.0 Å². The summed E-state index contributed by atoms with van der Waals surface area (Å²) in [6, 6.07) is 4.20. The Labute approximate surface area is 148 Å². The summed E-state index contributed by atoms with van der Waals surface area (Å²) < 4.78 is 28.6. The molecule has 1 saturated heterocycles. The Hall–Kier alpha value is -1.93. The summed E-state index contributed by atoms with van der Waals surface area (Å²) in [6.45, 7) is 4.51.